The lowest BCUT2D eigenvalue weighted by atomic mass is 10.0. The number of aromatic nitrogens is 1. The second kappa shape index (κ2) is 9.76. The smallest absolute Gasteiger partial charge is 0.226 e. The van der Waals surface area contributed by atoms with E-state index < -0.39 is 0 Å². The van der Waals surface area contributed by atoms with E-state index in [1.807, 2.05) is 48.5 Å². The quantitative estimate of drug-likeness (QED) is 0.434. The molecule has 0 radical (unpaired) electrons. The number of pyridine rings is 1. The molecule has 1 fully saturated rings. The van der Waals surface area contributed by atoms with Crippen LogP contribution >= 0.6 is 39.5 Å². The Bertz CT molecular complexity index is 1080. The molecule has 4 rings (SSSR count). The number of benzene rings is 1. The Morgan fingerprint density at radius 1 is 1.26 bits per heavy atom. The first kappa shape index (κ1) is 21.7. The molecule has 1 amide bonds. The zero-order valence-corrected chi connectivity index (χ0v) is 20.0. The van der Waals surface area contributed by atoms with E-state index in [-0.39, 0.29) is 24.4 Å². The Morgan fingerprint density at radius 3 is 2.77 bits per heavy atom. The fraction of sp³-hybridized carbons (Fsp3) is 0.227. The molecular weight excluding hydrogens is 496 g/mol. The van der Waals surface area contributed by atoms with Crippen molar-refractivity contribution in [3.8, 4) is 5.75 Å². The number of hydrogen-bond acceptors (Lipinski definition) is 5. The van der Waals surface area contributed by atoms with Crippen LogP contribution < -0.4 is 15.4 Å². The highest BCUT2D eigenvalue weighted by Gasteiger charge is 2.40. The molecule has 1 aliphatic rings. The van der Waals surface area contributed by atoms with E-state index in [0.717, 1.165) is 14.4 Å². The molecule has 0 saturated carbocycles. The molecule has 1 aliphatic heterocycles. The van der Waals surface area contributed by atoms with Gasteiger partial charge in [0.05, 0.1) is 34.4 Å². The molecule has 1 saturated heterocycles. The normalized spacial score (nSPS) is 18.0. The van der Waals surface area contributed by atoms with Crippen LogP contribution in [0.15, 0.2) is 64.6 Å². The van der Waals surface area contributed by atoms with Crippen molar-refractivity contribution < 1.29 is 9.53 Å². The van der Waals surface area contributed by atoms with Gasteiger partial charge in [0, 0.05) is 24.0 Å². The molecule has 2 aromatic heterocycles. The lowest BCUT2D eigenvalue weighted by Gasteiger charge is -2.26. The Morgan fingerprint density at radius 2 is 2.06 bits per heavy atom. The van der Waals surface area contributed by atoms with Crippen molar-refractivity contribution in [2.24, 2.45) is 0 Å². The van der Waals surface area contributed by atoms with Crippen LogP contribution in [0, 0.1) is 0 Å². The third-order valence-electron chi connectivity index (χ3n) is 5.04. The molecule has 2 atom stereocenters. The topological polar surface area (TPSA) is 66.5 Å². The summed E-state index contributed by atoms with van der Waals surface area (Å²) < 4.78 is 6.37. The van der Waals surface area contributed by atoms with Crippen LogP contribution in [-0.2, 0) is 4.79 Å². The van der Waals surface area contributed by atoms with Crippen molar-refractivity contribution in [1.82, 2.24) is 15.2 Å². The second-order valence-corrected chi connectivity index (χ2v) is 9.84. The van der Waals surface area contributed by atoms with Gasteiger partial charge in [-0.15, -0.1) is 11.3 Å². The molecular formula is C22H21BrN4O2S2. The summed E-state index contributed by atoms with van der Waals surface area (Å²) in [6.07, 6.45) is 2.07. The molecule has 3 heterocycles. The SMILES string of the molecule is COc1ccccc1NC(=O)CCN1C(=S)N[C@@H](c2ccccn2)[C@@H]1c1ccc(Br)s1. The molecule has 1 aromatic carbocycles. The number of ether oxygens (including phenoxy) is 1. The molecule has 0 spiro atoms. The number of hydrogen-bond donors (Lipinski definition) is 2. The lowest BCUT2D eigenvalue weighted by Crippen LogP contribution is -2.32. The van der Waals surface area contributed by atoms with Crippen molar-refractivity contribution >= 4 is 56.2 Å². The molecule has 9 heteroatoms. The highest BCUT2D eigenvalue weighted by atomic mass is 79.9. The minimum absolute atomic E-state index is 0.0437. The zero-order chi connectivity index (χ0) is 21.8. The molecule has 3 aromatic rings. The number of para-hydroxylation sites is 2. The number of thiocarbonyl (C=S) groups is 1. The van der Waals surface area contributed by atoms with Gasteiger partial charge in [0.2, 0.25) is 5.91 Å². The van der Waals surface area contributed by atoms with E-state index >= 15 is 0 Å². The number of methoxy groups -OCH3 is 1. The van der Waals surface area contributed by atoms with Gasteiger partial charge in [0.25, 0.3) is 0 Å². The van der Waals surface area contributed by atoms with Gasteiger partial charge in [-0.2, -0.15) is 0 Å². The molecule has 6 nitrogen and oxygen atoms in total. The summed E-state index contributed by atoms with van der Waals surface area (Å²) in [5.41, 5.74) is 1.57. The largest absolute Gasteiger partial charge is 0.495 e. The Labute approximate surface area is 198 Å². The minimum Gasteiger partial charge on any atom is -0.495 e. The van der Waals surface area contributed by atoms with Gasteiger partial charge < -0.3 is 20.3 Å². The van der Waals surface area contributed by atoms with Crippen molar-refractivity contribution in [1.29, 1.82) is 0 Å². The number of anilines is 1. The number of rotatable bonds is 7. The van der Waals surface area contributed by atoms with Crippen LogP contribution in [0.1, 0.15) is 29.1 Å². The second-order valence-electron chi connectivity index (χ2n) is 6.96. The van der Waals surface area contributed by atoms with E-state index in [1.165, 1.54) is 0 Å². The van der Waals surface area contributed by atoms with Gasteiger partial charge in [-0.1, -0.05) is 18.2 Å². The monoisotopic (exact) mass is 516 g/mol. The van der Waals surface area contributed by atoms with E-state index in [1.54, 1.807) is 24.6 Å². The van der Waals surface area contributed by atoms with E-state index in [9.17, 15) is 4.79 Å². The van der Waals surface area contributed by atoms with Gasteiger partial charge in [0.15, 0.2) is 5.11 Å². The van der Waals surface area contributed by atoms with Crippen molar-refractivity contribution in [2.45, 2.75) is 18.5 Å². The van der Waals surface area contributed by atoms with E-state index in [4.69, 9.17) is 17.0 Å². The summed E-state index contributed by atoms with van der Waals surface area (Å²) in [5.74, 6) is 0.533. The van der Waals surface area contributed by atoms with Gasteiger partial charge in [-0.3, -0.25) is 9.78 Å². The molecule has 0 unspecified atom stereocenters. The van der Waals surface area contributed by atoms with Gasteiger partial charge in [0.1, 0.15) is 5.75 Å². The molecule has 0 aliphatic carbocycles. The number of nitrogens with zero attached hydrogens (tertiary/aromatic N) is 2. The molecule has 2 N–H and O–H groups in total. The number of nitrogens with one attached hydrogen (secondary N) is 2. The van der Waals surface area contributed by atoms with Crippen LogP contribution in [0.3, 0.4) is 0 Å². The maximum Gasteiger partial charge on any atom is 0.226 e. The predicted molar refractivity (Wildman–Crippen MR) is 130 cm³/mol. The van der Waals surface area contributed by atoms with E-state index in [0.29, 0.717) is 23.1 Å². The zero-order valence-electron chi connectivity index (χ0n) is 16.7. The first-order valence-corrected chi connectivity index (χ1v) is 11.7. The Balaban J connectivity index is 1.52. The maximum absolute atomic E-state index is 12.7. The average molecular weight is 517 g/mol. The lowest BCUT2D eigenvalue weighted by molar-refractivity contribution is -0.116. The van der Waals surface area contributed by atoms with Crippen molar-refractivity contribution in [3.05, 3.63) is 75.2 Å². The van der Waals surface area contributed by atoms with Crippen molar-refractivity contribution in [3.63, 3.8) is 0 Å². The number of thiophene rings is 1. The summed E-state index contributed by atoms with van der Waals surface area (Å²) in [6, 6.07) is 17.2. The summed E-state index contributed by atoms with van der Waals surface area (Å²) in [5, 5.41) is 6.96. The standard InChI is InChI=1S/C22H21BrN4O2S2/c1-29-16-8-3-2-6-14(16)25-19(28)11-13-27-21(17-9-10-18(23)31-17)20(26-22(27)30)15-7-4-5-12-24-15/h2-10,12,20-21H,11,13H2,1H3,(H,25,28)(H,26,30)/t20-,21-/m0/s1. The van der Waals surface area contributed by atoms with Crippen molar-refractivity contribution in [2.75, 3.05) is 19.0 Å². The van der Waals surface area contributed by atoms with Crippen LogP contribution in [0.4, 0.5) is 5.69 Å². The van der Waals surface area contributed by atoms with Gasteiger partial charge in [-0.25, -0.2) is 0 Å². The number of carbonyl (C=O) groups is 1. The van der Waals surface area contributed by atoms with E-state index in [2.05, 4.69) is 42.5 Å². The fourth-order valence-electron chi connectivity index (χ4n) is 3.63. The Kier molecular flexibility index (Phi) is 6.84. The molecule has 31 heavy (non-hydrogen) atoms. The summed E-state index contributed by atoms with van der Waals surface area (Å²) in [6.45, 7) is 0.482. The van der Waals surface area contributed by atoms with Gasteiger partial charge in [-0.05, 0) is 64.5 Å². The minimum atomic E-state index is -0.0975. The molecule has 160 valence electrons. The number of carbonyl (C=O) groups excluding carboxylic acids is 1. The Hall–Kier alpha value is -2.49. The third kappa shape index (κ3) is 4.89. The summed E-state index contributed by atoms with van der Waals surface area (Å²) >= 11 is 10.9. The van der Waals surface area contributed by atoms with Crippen LogP contribution in [-0.4, -0.2) is 34.6 Å². The van der Waals surface area contributed by atoms with Crippen LogP contribution in [0.25, 0.3) is 0 Å². The highest BCUT2D eigenvalue weighted by molar-refractivity contribution is 9.11. The number of halogens is 1. The van der Waals surface area contributed by atoms with Crippen LogP contribution in [0.2, 0.25) is 0 Å². The van der Waals surface area contributed by atoms with Crippen LogP contribution in [0.5, 0.6) is 5.75 Å². The fourth-order valence-corrected chi connectivity index (χ4v) is 5.53. The predicted octanol–water partition coefficient (Wildman–Crippen LogP) is 4.92. The van der Waals surface area contributed by atoms with Gasteiger partial charge >= 0.3 is 0 Å². The first-order chi connectivity index (χ1) is 15.1. The summed E-state index contributed by atoms with van der Waals surface area (Å²) in [4.78, 5) is 20.4. The third-order valence-corrected chi connectivity index (χ3v) is 7.09. The first-order valence-electron chi connectivity index (χ1n) is 9.73. The average Bonchev–Trinajstić information content (AvgIpc) is 3.35. The molecule has 0 bridgehead atoms. The summed E-state index contributed by atoms with van der Waals surface area (Å²) in [7, 11) is 1.58. The maximum atomic E-state index is 12.7. The highest BCUT2D eigenvalue weighted by Crippen LogP contribution is 2.42. The number of amides is 1.